The van der Waals surface area contributed by atoms with Crippen molar-refractivity contribution in [2.45, 2.75) is 65.0 Å². The van der Waals surface area contributed by atoms with Crippen molar-refractivity contribution < 1.29 is 24.2 Å². The number of hydrogen-bond donors (Lipinski definition) is 2. The van der Waals surface area contributed by atoms with Gasteiger partial charge in [-0.1, -0.05) is 68.8 Å². The summed E-state index contributed by atoms with van der Waals surface area (Å²) in [5.74, 6) is -1.51. The van der Waals surface area contributed by atoms with Gasteiger partial charge in [0.15, 0.2) is 0 Å². The zero-order chi connectivity index (χ0) is 25.8. The molecule has 0 heterocycles. The summed E-state index contributed by atoms with van der Waals surface area (Å²) in [5.41, 5.74) is 3.92. The van der Waals surface area contributed by atoms with E-state index in [-0.39, 0.29) is 37.3 Å². The first-order valence-corrected chi connectivity index (χ1v) is 12.2. The normalized spacial score (nSPS) is 14.4. The van der Waals surface area contributed by atoms with Crippen LogP contribution in [0, 0.1) is 5.92 Å². The minimum Gasteiger partial charge on any atom is -0.481 e. The number of carbonyl (C=O) groups is 3. The molecule has 1 aliphatic rings. The SMILES string of the molecule is CC[C@H](C)[C@H](NC(=O)OCC1c2ccccc2-c2ccccc21)C(=O)N(CCC(=O)O)C(C)(C)C. The monoisotopic (exact) mass is 480 g/mol. The molecule has 188 valence electrons. The summed E-state index contributed by atoms with van der Waals surface area (Å²) in [6.45, 7) is 9.63. The van der Waals surface area contributed by atoms with Gasteiger partial charge in [-0.2, -0.15) is 0 Å². The number of aliphatic carboxylic acids is 1. The fraction of sp³-hybridized carbons (Fsp3) is 0.464. The van der Waals surface area contributed by atoms with Crippen molar-refractivity contribution in [3.63, 3.8) is 0 Å². The Morgan fingerprint density at radius 2 is 1.57 bits per heavy atom. The molecule has 0 aromatic heterocycles. The molecule has 0 radical (unpaired) electrons. The maximum absolute atomic E-state index is 13.5. The molecule has 7 heteroatoms. The maximum Gasteiger partial charge on any atom is 0.407 e. The smallest absolute Gasteiger partial charge is 0.407 e. The zero-order valence-corrected chi connectivity index (χ0v) is 21.2. The molecule has 35 heavy (non-hydrogen) atoms. The standard InChI is InChI=1S/C28H36N2O5/c1-6-18(2)25(26(33)30(28(3,4)5)16-15-24(31)32)29-27(34)35-17-23-21-13-9-7-11-19(21)20-12-8-10-14-22(20)23/h7-14,18,23,25H,6,15-17H2,1-5H3,(H,29,34)(H,31,32)/t18-,25-/m0/s1. The van der Waals surface area contributed by atoms with Gasteiger partial charge in [-0.25, -0.2) is 4.79 Å². The number of amides is 2. The lowest BCUT2D eigenvalue weighted by atomic mass is 9.95. The summed E-state index contributed by atoms with van der Waals surface area (Å²) in [6, 6.07) is 15.4. The largest absolute Gasteiger partial charge is 0.481 e. The number of carboxylic acid groups (broad SMARTS) is 1. The quantitative estimate of drug-likeness (QED) is 0.524. The Balaban J connectivity index is 1.74. The van der Waals surface area contributed by atoms with E-state index in [0.29, 0.717) is 6.42 Å². The zero-order valence-electron chi connectivity index (χ0n) is 21.2. The lowest BCUT2D eigenvalue weighted by Crippen LogP contribution is -2.57. The minimum absolute atomic E-state index is 0.0664. The van der Waals surface area contributed by atoms with E-state index in [0.717, 1.165) is 22.3 Å². The Bertz CT molecular complexity index is 1030. The minimum atomic E-state index is -0.975. The van der Waals surface area contributed by atoms with Gasteiger partial charge in [-0.3, -0.25) is 9.59 Å². The van der Waals surface area contributed by atoms with Gasteiger partial charge >= 0.3 is 12.1 Å². The third-order valence-electron chi connectivity index (χ3n) is 6.72. The predicted octanol–water partition coefficient (Wildman–Crippen LogP) is 5.04. The second-order valence-corrected chi connectivity index (χ2v) is 10.1. The van der Waals surface area contributed by atoms with Crippen LogP contribution >= 0.6 is 0 Å². The molecule has 2 aromatic carbocycles. The van der Waals surface area contributed by atoms with Crippen molar-refractivity contribution in [1.82, 2.24) is 10.2 Å². The average molecular weight is 481 g/mol. The predicted molar refractivity (Wildman–Crippen MR) is 135 cm³/mol. The third kappa shape index (κ3) is 6.02. The van der Waals surface area contributed by atoms with Gasteiger partial charge in [0.2, 0.25) is 5.91 Å². The van der Waals surface area contributed by atoms with Crippen LogP contribution in [0.1, 0.15) is 64.5 Å². The van der Waals surface area contributed by atoms with Crippen LogP contribution in [0.4, 0.5) is 4.79 Å². The molecule has 2 atom stereocenters. The molecule has 0 aliphatic heterocycles. The molecule has 1 aliphatic carbocycles. The Labute approximate surface area is 207 Å². The van der Waals surface area contributed by atoms with Crippen molar-refractivity contribution in [2.75, 3.05) is 13.2 Å². The number of nitrogens with one attached hydrogen (secondary N) is 1. The van der Waals surface area contributed by atoms with E-state index in [1.807, 2.05) is 58.9 Å². The number of rotatable bonds is 9. The molecule has 0 fully saturated rings. The molecule has 7 nitrogen and oxygen atoms in total. The average Bonchev–Trinajstić information content (AvgIpc) is 3.13. The highest BCUT2D eigenvalue weighted by atomic mass is 16.5. The van der Waals surface area contributed by atoms with Crippen LogP contribution in [0.25, 0.3) is 11.1 Å². The maximum atomic E-state index is 13.5. The van der Waals surface area contributed by atoms with E-state index in [1.54, 1.807) is 0 Å². The van der Waals surface area contributed by atoms with E-state index in [4.69, 9.17) is 9.84 Å². The van der Waals surface area contributed by atoms with Gasteiger partial charge in [-0.15, -0.1) is 0 Å². The summed E-state index contributed by atoms with van der Waals surface area (Å²) in [5, 5.41) is 11.9. The van der Waals surface area contributed by atoms with Gasteiger partial charge in [0.25, 0.3) is 0 Å². The summed E-state index contributed by atoms with van der Waals surface area (Å²) in [4.78, 5) is 39.1. The fourth-order valence-corrected chi connectivity index (χ4v) is 4.60. The lowest BCUT2D eigenvalue weighted by Gasteiger charge is -2.39. The van der Waals surface area contributed by atoms with Crippen molar-refractivity contribution in [2.24, 2.45) is 5.92 Å². The number of fused-ring (bicyclic) bond motifs is 3. The van der Waals surface area contributed by atoms with Crippen molar-refractivity contribution in [3.8, 4) is 11.1 Å². The molecular formula is C28H36N2O5. The van der Waals surface area contributed by atoms with Crippen LogP contribution in [0.2, 0.25) is 0 Å². The number of alkyl carbamates (subject to hydrolysis) is 1. The van der Waals surface area contributed by atoms with Gasteiger partial charge in [0.1, 0.15) is 12.6 Å². The summed E-state index contributed by atoms with van der Waals surface area (Å²) in [7, 11) is 0. The van der Waals surface area contributed by atoms with Crippen LogP contribution in [-0.2, 0) is 14.3 Å². The van der Waals surface area contributed by atoms with Gasteiger partial charge in [-0.05, 0) is 48.9 Å². The molecule has 0 bridgehead atoms. The Morgan fingerprint density at radius 3 is 2.06 bits per heavy atom. The molecule has 0 saturated carbocycles. The molecule has 2 aromatic rings. The van der Waals surface area contributed by atoms with Crippen molar-refractivity contribution in [1.29, 1.82) is 0 Å². The summed E-state index contributed by atoms with van der Waals surface area (Å²) >= 11 is 0. The topological polar surface area (TPSA) is 95.9 Å². The molecule has 0 saturated heterocycles. The second kappa shape index (κ2) is 10.9. The van der Waals surface area contributed by atoms with Crippen LogP contribution < -0.4 is 5.32 Å². The molecular weight excluding hydrogens is 444 g/mol. The van der Waals surface area contributed by atoms with E-state index in [9.17, 15) is 14.4 Å². The molecule has 2 N–H and O–H groups in total. The van der Waals surface area contributed by atoms with E-state index < -0.39 is 23.6 Å². The fourth-order valence-electron chi connectivity index (χ4n) is 4.60. The Kier molecular flexibility index (Phi) is 8.20. The lowest BCUT2D eigenvalue weighted by molar-refractivity contribution is -0.142. The number of carbonyl (C=O) groups excluding carboxylic acids is 2. The molecule has 0 spiro atoms. The van der Waals surface area contributed by atoms with E-state index in [1.165, 1.54) is 4.90 Å². The summed E-state index contributed by atoms with van der Waals surface area (Å²) < 4.78 is 5.66. The number of hydrogen-bond acceptors (Lipinski definition) is 4. The molecule has 3 rings (SSSR count). The molecule has 0 unspecified atom stereocenters. The van der Waals surface area contributed by atoms with Crippen LogP contribution in [-0.4, -0.2) is 52.7 Å². The first-order chi connectivity index (χ1) is 16.5. The van der Waals surface area contributed by atoms with E-state index in [2.05, 4.69) is 29.6 Å². The van der Waals surface area contributed by atoms with Crippen LogP contribution in [0.15, 0.2) is 48.5 Å². The number of benzene rings is 2. The first kappa shape index (κ1) is 26.3. The highest BCUT2D eigenvalue weighted by Gasteiger charge is 2.36. The van der Waals surface area contributed by atoms with Crippen molar-refractivity contribution >= 4 is 18.0 Å². The molecule has 2 amide bonds. The van der Waals surface area contributed by atoms with Crippen LogP contribution in [0.3, 0.4) is 0 Å². The summed E-state index contributed by atoms with van der Waals surface area (Å²) in [6.07, 6.45) is -0.157. The van der Waals surface area contributed by atoms with Gasteiger partial charge in [0.05, 0.1) is 6.42 Å². The third-order valence-corrected chi connectivity index (χ3v) is 6.72. The highest BCUT2D eigenvalue weighted by Crippen LogP contribution is 2.44. The Hall–Kier alpha value is -3.35. The van der Waals surface area contributed by atoms with Gasteiger partial charge in [0, 0.05) is 18.0 Å². The van der Waals surface area contributed by atoms with Gasteiger partial charge < -0.3 is 20.1 Å². The number of ether oxygens (including phenoxy) is 1. The Morgan fingerprint density at radius 1 is 1.03 bits per heavy atom. The second-order valence-electron chi connectivity index (χ2n) is 10.1. The number of nitrogens with zero attached hydrogens (tertiary/aromatic N) is 1. The highest BCUT2D eigenvalue weighted by molar-refractivity contribution is 5.87. The first-order valence-electron chi connectivity index (χ1n) is 12.2. The number of carboxylic acids is 1. The van der Waals surface area contributed by atoms with Crippen LogP contribution in [0.5, 0.6) is 0 Å². The van der Waals surface area contributed by atoms with Crippen molar-refractivity contribution in [3.05, 3.63) is 59.7 Å². The van der Waals surface area contributed by atoms with E-state index >= 15 is 0 Å².